The summed E-state index contributed by atoms with van der Waals surface area (Å²) in [6.07, 6.45) is 0.866. The lowest BCUT2D eigenvalue weighted by atomic mass is 10.1. The van der Waals surface area contributed by atoms with Crippen LogP contribution in [-0.4, -0.2) is 23.4 Å². The first-order valence-electron chi connectivity index (χ1n) is 6.99. The van der Waals surface area contributed by atoms with Crippen LogP contribution in [0, 0.1) is 0 Å². The fraction of sp³-hybridized carbons (Fsp3) is 0.235. The average molecular weight is 301 g/mol. The van der Waals surface area contributed by atoms with E-state index in [4.69, 9.17) is 0 Å². The van der Waals surface area contributed by atoms with Crippen LogP contribution in [0.2, 0.25) is 0 Å². The summed E-state index contributed by atoms with van der Waals surface area (Å²) in [5, 5.41) is 12.7. The predicted molar refractivity (Wildman–Crippen MR) is 88.4 cm³/mol. The third kappa shape index (κ3) is 4.26. The van der Waals surface area contributed by atoms with Crippen molar-refractivity contribution in [1.82, 2.24) is 0 Å². The van der Waals surface area contributed by atoms with Crippen molar-refractivity contribution in [2.75, 3.05) is 17.6 Å². The zero-order valence-corrected chi connectivity index (χ0v) is 12.8. The highest BCUT2D eigenvalue weighted by molar-refractivity contribution is 7.99. The number of carboxylic acids is 1. The molecule has 0 aliphatic rings. The van der Waals surface area contributed by atoms with Crippen LogP contribution < -0.4 is 5.32 Å². The Morgan fingerprint density at radius 3 is 2.57 bits per heavy atom. The van der Waals surface area contributed by atoms with Crippen LogP contribution >= 0.6 is 11.8 Å². The molecule has 0 amide bonds. The maximum Gasteiger partial charge on any atom is 0.338 e. The minimum Gasteiger partial charge on any atom is -0.478 e. The molecule has 0 saturated heterocycles. The van der Waals surface area contributed by atoms with Crippen LogP contribution in [0.4, 0.5) is 5.69 Å². The molecule has 0 unspecified atom stereocenters. The molecule has 0 aromatic heterocycles. The monoisotopic (exact) mass is 301 g/mol. The summed E-state index contributed by atoms with van der Waals surface area (Å²) in [5.74, 6) is -0.0259. The number of carbonyl (C=O) groups is 1. The van der Waals surface area contributed by atoms with Gasteiger partial charge in [0.25, 0.3) is 0 Å². The fourth-order valence-corrected chi connectivity index (χ4v) is 2.99. The molecule has 2 aromatic rings. The molecule has 0 radical (unpaired) electrons. The van der Waals surface area contributed by atoms with E-state index in [0.717, 1.165) is 17.1 Å². The highest BCUT2D eigenvalue weighted by Gasteiger charge is 2.15. The molecular formula is C17H19NO2S. The number of hydrogen-bond acceptors (Lipinski definition) is 3. The number of hydrogen-bond donors (Lipinski definition) is 2. The fourth-order valence-electron chi connectivity index (χ4n) is 2.16. The van der Waals surface area contributed by atoms with Gasteiger partial charge in [-0.05, 0) is 29.9 Å². The topological polar surface area (TPSA) is 49.3 Å². The maximum absolute atomic E-state index is 11.5. The third-order valence-electron chi connectivity index (χ3n) is 3.11. The molecule has 2 N–H and O–H groups in total. The summed E-state index contributed by atoms with van der Waals surface area (Å²) in [6.45, 7) is 2.73. The molecule has 0 aliphatic heterocycles. The first-order valence-corrected chi connectivity index (χ1v) is 7.98. The lowest BCUT2D eigenvalue weighted by Crippen LogP contribution is -2.10. The van der Waals surface area contributed by atoms with Gasteiger partial charge in [0, 0.05) is 17.1 Å². The second kappa shape index (κ2) is 7.74. The van der Waals surface area contributed by atoms with Crippen molar-refractivity contribution in [3.05, 3.63) is 59.7 Å². The molecule has 0 aliphatic carbocycles. The Morgan fingerprint density at radius 2 is 1.90 bits per heavy atom. The van der Waals surface area contributed by atoms with E-state index < -0.39 is 5.97 Å². The Hall–Kier alpha value is -1.94. The van der Waals surface area contributed by atoms with Crippen LogP contribution in [-0.2, 0) is 6.42 Å². The Bertz CT molecular complexity index is 599. The van der Waals surface area contributed by atoms with Crippen LogP contribution in [0.5, 0.6) is 0 Å². The molecule has 21 heavy (non-hydrogen) atoms. The lowest BCUT2D eigenvalue weighted by molar-refractivity contribution is 0.0694. The number of thioether (sulfide) groups is 1. The molecule has 0 fully saturated rings. The van der Waals surface area contributed by atoms with E-state index in [-0.39, 0.29) is 0 Å². The van der Waals surface area contributed by atoms with E-state index in [1.54, 1.807) is 11.8 Å². The smallest absolute Gasteiger partial charge is 0.338 e. The summed E-state index contributed by atoms with van der Waals surface area (Å²) < 4.78 is 0. The van der Waals surface area contributed by atoms with Gasteiger partial charge in [-0.3, -0.25) is 0 Å². The normalized spacial score (nSPS) is 10.3. The number of benzene rings is 2. The van der Waals surface area contributed by atoms with Gasteiger partial charge in [0.05, 0.1) is 5.56 Å². The predicted octanol–water partition coefficient (Wildman–Crippen LogP) is 4.15. The zero-order chi connectivity index (χ0) is 15.1. The first kappa shape index (κ1) is 15.4. The van der Waals surface area contributed by atoms with Gasteiger partial charge in [-0.1, -0.05) is 43.3 Å². The highest BCUT2D eigenvalue weighted by atomic mass is 32.2. The molecule has 0 bridgehead atoms. The summed E-state index contributed by atoms with van der Waals surface area (Å²) in [6, 6.07) is 15.7. The van der Waals surface area contributed by atoms with Gasteiger partial charge < -0.3 is 10.4 Å². The van der Waals surface area contributed by atoms with E-state index in [1.807, 2.05) is 43.3 Å². The van der Waals surface area contributed by atoms with Crippen LogP contribution in [0.25, 0.3) is 0 Å². The molecule has 2 aromatic carbocycles. The minimum atomic E-state index is -0.881. The van der Waals surface area contributed by atoms with Crippen molar-refractivity contribution in [3.8, 4) is 0 Å². The molecule has 2 rings (SSSR count). The molecule has 0 heterocycles. The highest BCUT2D eigenvalue weighted by Crippen LogP contribution is 2.28. The second-order valence-electron chi connectivity index (χ2n) is 4.58. The number of rotatable bonds is 7. The second-order valence-corrected chi connectivity index (χ2v) is 5.89. The molecule has 4 heteroatoms. The number of nitrogens with one attached hydrogen (secondary N) is 1. The van der Waals surface area contributed by atoms with Crippen molar-refractivity contribution < 1.29 is 9.90 Å². The minimum absolute atomic E-state index is 0.373. The van der Waals surface area contributed by atoms with Crippen LogP contribution in [0.1, 0.15) is 22.8 Å². The number of aromatic carboxylic acids is 1. The average Bonchev–Trinajstić information content (AvgIpc) is 2.48. The van der Waals surface area contributed by atoms with Crippen molar-refractivity contribution in [3.63, 3.8) is 0 Å². The summed E-state index contributed by atoms with van der Waals surface area (Å²) >= 11 is 1.55. The van der Waals surface area contributed by atoms with E-state index in [9.17, 15) is 9.90 Å². The van der Waals surface area contributed by atoms with Gasteiger partial charge in [-0.25, -0.2) is 4.79 Å². The third-order valence-corrected chi connectivity index (χ3v) is 4.05. The van der Waals surface area contributed by atoms with Crippen LogP contribution in [0.15, 0.2) is 53.4 Å². The Morgan fingerprint density at radius 1 is 1.14 bits per heavy atom. The summed E-state index contributed by atoms with van der Waals surface area (Å²) in [5.41, 5.74) is 2.30. The van der Waals surface area contributed by atoms with Crippen molar-refractivity contribution in [1.29, 1.82) is 0 Å². The van der Waals surface area contributed by atoms with Gasteiger partial charge in [-0.15, -0.1) is 11.8 Å². The van der Waals surface area contributed by atoms with Crippen molar-refractivity contribution >= 4 is 23.4 Å². The summed E-state index contributed by atoms with van der Waals surface area (Å²) in [4.78, 5) is 12.3. The van der Waals surface area contributed by atoms with E-state index in [0.29, 0.717) is 17.8 Å². The zero-order valence-electron chi connectivity index (χ0n) is 12.0. The quantitative estimate of drug-likeness (QED) is 0.754. The van der Waals surface area contributed by atoms with Gasteiger partial charge in [0.15, 0.2) is 0 Å². The number of anilines is 1. The molecular weight excluding hydrogens is 282 g/mol. The Labute approximate surface area is 129 Å². The van der Waals surface area contributed by atoms with Gasteiger partial charge in [0.1, 0.15) is 0 Å². The molecule has 0 atom stereocenters. The van der Waals surface area contributed by atoms with E-state index in [2.05, 4.69) is 17.4 Å². The van der Waals surface area contributed by atoms with Gasteiger partial charge in [-0.2, -0.15) is 0 Å². The van der Waals surface area contributed by atoms with E-state index in [1.165, 1.54) is 5.56 Å². The maximum atomic E-state index is 11.5. The lowest BCUT2D eigenvalue weighted by Gasteiger charge is -2.13. The van der Waals surface area contributed by atoms with Gasteiger partial charge >= 0.3 is 5.97 Å². The van der Waals surface area contributed by atoms with E-state index >= 15 is 0 Å². The molecule has 0 saturated carbocycles. The Balaban J connectivity index is 2.08. The molecule has 0 spiro atoms. The van der Waals surface area contributed by atoms with Crippen molar-refractivity contribution in [2.24, 2.45) is 0 Å². The Kier molecular flexibility index (Phi) is 5.69. The van der Waals surface area contributed by atoms with Crippen LogP contribution in [0.3, 0.4) is 0 Å². The molecule has 110 valence electrons. The standard InChI is InChI=1S/C17H19NO2S/c1-2-21-15-10-6-9-14(16(15)17(19)20)18-12-11-13-7-4-3-5-8-13/h3-10,18H,2,11-12H2,1H3,(H,19,20). The van der Waals surface area contributed by atoms with Gasteiger partial charge in [0.2, 0.25) is 0 Å². The largest absolute Gasteiger partial charge is 0.478 e. The van der Waals surface area contributed by atoms with Crippen molar-refractivity contribution in [2.45, 2.75) is 18.2 Å². The summed E-state index contributed by atoms with van der Waals surface area (Å²) in [7, 11) is 0. The SMILES string of the molecule is CCSc1cccc(NCCc2ccccc2)c1C(=O)O. The molecule has 3 nitrogen and oxygen atoms in total. The first-order chi connectivity index (χ1) is 10.2. The number of carboxylic acid groups (broad SMARTS) is 1.